The first-order chi connectivity index (χ1) is 13.7. The molecule has 0 aliphatic carbocycles. The van der Waals surface area contributed by atoms with E-state index in [-0.39, 0.29) is 29.9 Å². The van der Waals surface area contributed by atoms with Gasteiger partial charge in [0.2, 0.25) is 11.9 Å². The zero-order valence-electron chi connectivity index (χ0n) is 16.4. The molecule has 1 aromatic heterocycles. The third-order valence-electron chi connectivity index (χ3n) is 4.64. The molecule has 29 heavy (non-hydrogen) atoms. The number of rotatable bonds is 7. The van der Waals surface area contributed by atoms with Crippen LogP contribution in [0.15, 0.2) is 53.8 Å². The smallest absolute Gasteiger partial charge is 0.225 e. The Bertz CT molecular complexity index is 765. The Balaban J connectivity index is 0.00000300. The number of nitrogens with two attached hydrogens (primary N) is 1. The summed E-state index contributed by atoms with van der Waals surface area (Å²) in [6.07, 6.45) is 4.71. The van der Waals surface area contributed by atoms with E-state index < -0.39 is 0 Å². The van der Waals surface area contributed by atoms with Crippen molar-refractivity contribution in [1.82, 2.24) is 20.2 Å². The second kappa shape index (κ2) is 12.2. The molecule has 8 nitrogen and oxygen atoms in total. The molecule has 3 rings (SSSR count). The highest BCUT2D eigenvalue weighted by atomic mass is 127. The minimum Gasteiger partial charge on any atom is -0.370 e. The van der Waals surface area contributed by atoms with Crippen molar-refractivity contribution in [3.05, 3.63) is 54.4 Å². The van der Waals surface area contributed by atoms with Gasteiger partial charge in [0, 0.05) is 51.5 Å². The Morgan fingerprint density at radius 3 is 2.45 bits per heavy atom. The summed E-state index contributed by atoms with van der Waals surface area (Å²) in [5, 5.41) is 3.09. The van der Waals surface area contributed by atoms with Crippen molar-refractivity contribution in [2.45, 2.75) is 12.8 Å². The van der Waals surface area contributed by atoms with E-state index in [1.165, 1.54) is 5.56 Å². The Kier molecular flexibility index (Phi) is 9.62. The summed E-state index contributed by atoms with van der Waals surface area (Å²) in [4.78, 5) is 29.1. The molecule has 0 spiro atoms. The molecule has 0 unspecified atom stereocenters. The zero-order valence-corrected chi connectivity index (χ0v) is 18.7. The number of aliphatic imine (C=N–C) groups is 1. The van der Waals surface area contributed by atoms with Crippen LogP contribution < -0.4 is 16.0 Å². The fraction of sp³-hybridized carbons (Fsp3) is 0.400. The van der Waals surface area contributed by atoms with Crippen LogP contribution in [0.1, 0.15) is 12.0 Å². The molecule has 0 atom stereocenters. The average Bonchev–Trinajstić information content (AvgIpc) is 2.75. The first-order valence-electron chi connectivity index (χ1n) is 9.60. The van der Waals surface area contributed by atoms with Gasteiger partial charge in [0.05, 0.1) is 6.54 Å². The third kappa shape index (κ3) is 7.48. The summed E-state index contributed by atoms with van der Waals surface area (Å²) in [6, 6.07) is 12.0. The molecule has 2 heterocycles. The highest BCUT2D eigenvalue weighted by Crippen LogP contribution is 2.10. The van der Waals surface area contributed by atoms with Gasteiger partial charge in [-0.05, 0) is 18.1 Å². The molecule has 0 saturated carbocycles. The van der Waals surface area contributed by atoms with Crippen molar-refractivity contribution in [2.24, 2.45) is 10.7 Å². The summed E-state index contributed by atoms with van der Waals surface area (Å²) in [5.41, 5.74) is 7.13. The van der Waals surface area contributed by atoms with E-state index in [2.05, 4.69) is 37.3 Å². The third-order valence-corrected chi connectivity index (χ3v) is 4.64. The number of guanidine groups is 1. The van der Waals surface area contributed by atoms with Gasteiger partial charge in [-0.3, -0.25) is 9.79 Å². The fourth-order valence-corrected chi connectivity index (χ4v) is 3.08. The van der Waals surface area contributed by atoms with Gasteiger partial charge in [0.1, 0.15) is 0 Å². The second-order valence-electron chi connectivity index (χ2n) is 6.60. The van der Waals surface area contributed by atoms with Gasteiger partial charge < -0.3 is 20.9 Å². The van der Waals surface area contributed by atoms with Gasteiger partial charge in [-0.1, -0.05) is 30.3 Å². The second-order valence-corrected chi connectivity index (χ2v) is 6.60. The van der Waals surface area contributed by atoms with Gasteiger partial charge in [-0.2, -0.15) is 0 Å². The quantitative estimate of drug-likeness (QED) is 0.332. The molecule has 1 aliphatic heterocycles. The van der Waals surface area contributed by atoms with E-state index in [1.54, 1.807) is 18.5 Å². The number of carbonyl (C=O) groups excluding carboxylic acids is 1. The van der Waals surface area contributed by atoms with Crippen molar-refractivity contribution >= 4 is 41.8 Å². The van der Waals surface area contributed by atoms with Crippen molar-refractivity contribution in [3.8, 4) is 0 Å². The van der Waals surface area contributed by atoms with Crippen LogP contribution in [-0.2, 0) is 11.2 Å². The van der Waals surface area contributed by atoms with Crippen LogP contribution >= 0.6 is 24.0 Å². The molecule has 1 aromatic carbocycles. The lowest BCUT2D eigenvalue weighted by molar-refractivity contribution is -0.131. The van der Waals surface area contributed by atoms with Gasteiger partial charge in [-0.15, -0.1) is 24.0 Å². The van der Waals surface area contributed by atoms with Crippen LogP contribution in [0.3, 0.4) is 0 Å². The van der Waals surface area contributed by atoms with E-state index >= 15 is 0 Å². The van der Waals surface area contributed by atoms with E-state index in [1.807, 2.05) is 23.1 Å². The molecule has 1 saturated heterocycles. The number of amides is 1. The van der Waals surface area contributed by atoms with Crippen molar-refractivity contribution in [2.75, 3.05) is 44.2 Å². The number of hydrogen-bond donors (Lipinski definition) is 2. The Morgan fingerprint density at radius 2 is 1.76 bits per heavy atom. The number of piperazine rings is 1. The molecule has 1 aliphatic rings. The van der Waals surface area contributed by atoms with Crippen molar-refractivity contribution in [3.63, 3.8) is 0 Å². The SMILES string of the molecule is I.NC(=NCCC(=O)N1CCN(c2ncccn2)CC1)NCCc1ccccc1. The Morgan fingerprint density at radius 1 is 1.07 bits per heavy atom. The largest absolute Gasteiger partial charge is 0.370 e. The highest BCUT2D eigenvalue weighted by molar-refractivity contribution is 14.0. The van der Waals surface area contributed by atoms with Crippen molar-refractivity contribution in [1.29, 1.82) is 0 Å². The maximum Gasteiger partial charge on any atom is 0.225 e. The minimum atomic E-state index is 0. The number of anilines is 1. The van der Waals surface area contributed by atoms with Crippen LogP contribution in [0.2, 0.25) is 0 Å². The van der Waals surface area contributed by atoms with Gasteiger partial charge in [0.15, 0.2) is 5.96 Å². The number of aromatic nitrogens is 2. The lowest BCUT2D eigenvalue weighted by Crippen LogP contribution is -2.49. The zero-order chi connectivity index (χ0) is 19.6. The lowest BCUT2D eigenvalue weighted by atomic mass is 10.1. The molecule has 9 heteroatoms. The molecular formula is C20H28IN7O. The van der Waals surface area contributed by atoms with Gasteiger partial charge >= 0.3 is 0 Å². The molecule has 1 fully saturated rings. The maximum absolute atomic E-state index is 12.4. The average molecular weight is 509 g/mol. The topological polar surface area (TPSA) is 99.7 Å². The first-order valence-corrected chi connectivity index (χ1v) is 9.60. The lowest BCUT2D eigenvalue weighted by Gasteiger charge is -2.34. The predicted octanol–water partition coefficient (Wildman–Crippen LogP) is 1.28. The summed E-state index contributed by atoms with van der Waals surface area (Å²) in [6.45, 7) is 3.93. The Hall–Kier alpha value is -2.43. The first kappa shape index (κ1) is 22.9. The van der Waals surface area contributed by atoms with E-state index in [9.17, 15) is 4.79 Å². The number of nitrogens with zero attached hydrogens (tertiary/aromatic N) is 5. The summed E-state index contributed by atoms with van der Waals surface area (Å²) in [7, 11) is 0. The number of carbonyl (C=O) groups is 1. The maximum atomic E-state index is 12.4. The van der Waals surface area contributed by atoms with E-state index in [0.29, 0.717) is 38.0 Å². The number of nitrogens with one attached hydrogen (secondary N) is 1. The van der Waals surface area contributed by atoms with Gasteiger partial charge in [0.25, 0.3) is 0 Å². The molecule has 2 aromatic rings. The molecular weight excluding hydrogens is 481 g/mol. The number of benzene rings is 1. The molecule has 1 amide bonds. The van der Waals surface area contributed by atoms with Crippen LogP contribution in [0.4, 0.5) is 5.95 Å². The molecule has 0 radical (unpaired) electrons. The standard InChI is InChI=1S/C20H27N7O.HI/c21-19(22-11-7-17-5-2-1-3-6-17)23-12-8-18(28)26-13-15-27(16-14-26)20-24-9-4-10-25-20;/h1-6,9-10H,7-8,11-16H2,(H3,21,22,23);1H. The summed E-state index contributed by atoms with van der Waals surface area (Å²) in [5.74, 6) is 1.21. The van der Waals surface area contributed by atoms with E-state index in [0.717, 1.165) is 26.1 Å². The molecule has 0 bridgehead atoms. The van der Waals surface area contributed by atoms with Crippen LogP contribution in [0.25, 0.3) is 0 Å². The van der Waals surface area contributed by atoms with Crippen molar-refractivity contribution < 1.29 is 4.79 Å². The van der Waals surface area contributed by atoms with E-state index in [4.69, 9.17) is 5.73 Å². The highest BCUT2D eigenvalue weighted by Gasteiger charge is 2.21. The number of halogens is 1. The Labute approximate surface area is 188 Å². The minimum absolute atomic E-state index is 0. The van der Waals surface area contributed by atoms with Crippen LogP contribution in [0.5, 0.6) is 0 Å². The van der Waals surface area contributed by atoms with Crippen LogP contribution in [0, 0.1) is 0 Å². The molecule has 3 N–H and O–H groups in total. The van der Waals surface area contributed by atoms with Crippen LogP contribution in [-0.4, -0.2) is 66.0 Å². The number of hydrogen-bond acceptors (Lipinski definition) is 5. The molecule has 156 valence electrons. The monoisotopic (exact) mass is 509 g/mol. The summed E-state index contributed by atoms with van der Waals surface area (Å²) < 4.78 is 0. The summed E-state index contributed by atoms with van der Waals surface area (Å²) >= 11 is 0. The fourth-order valence-electron chi connectivity index (χ4n) is 3.08. The predicted molar refractivity (Wildman–Crippen MR) is 125 cm³/mol. The normalized spacial score (nSPS) is 14.3. The van der Waals surface area contributed by atoms with Gasteiger partial charge in [-0.25, -0.2) is 9.97 Å².